The molecule has 0 aliphatic carbocycles. The van der Waals surface area contributed by atoms with Crippen LogP contribution in [0.25, 0.3) is 0 Å². The fourth-order valence-corrected chi connectivity index (χ4v) is 2.41. The zero-order valence-corrected chi connectivity index (χ0v) is 15.2. The summed E-state index contributed by atoms with van der Waals surface area (Å²) in [7, 11) is 0. The molecule has 0 bridgehead atoms. The van der Waals surface area contributed by atoms with Crippen LogP contribution in [-0.2, 0) is 9.53 Å². The number of anilines is 1. The van der Waals surface area contributed by atoms with Crippen LogP contribution < -0.4 is 5.32 Å². The Kier molecular flexibility index (Phi) is 6.29. The van der Waals surface area contributed by atoms with Gasteiger partial charge in [0.15, 0.2) is 11.8 Å². The molecule has 1 atom stereocenters. The van der Waals surface area contributed by atoms with Gasteiger partial charge in [-0.15, -0.1) is 0 Å². The predicted octanol–water partition coefficient (Wildman–Crippen LogP) is 4.88. The lowest BCUT2D eigenvalue weighted by atomic mass is 10.3. The third-order valence-electron chi connectivity index (χ3n) is 2.86. The lowest BCUT2D eigenvalue weighted by Gasteiger charge is -2.14. The Balaban J connectivity index is 2.06. The fourth-order valence-electron chi connectivity index (χ4n) is 1.67. The standard InChI is InChI=1S/C15H10Cl4N2O3/c1-7(14(22)21-9-4-2-3-8(16)5-9)24-15(23)13-12(19)11(18)10(17)6-20-13/h2-7H,1H3,(H,21,22)/t7-/m0/s1. The van der Waals surface area contributed by atoms with Crippen LogP contribution in [0.4, 0.5) is 5.69 Å². The van der Waals surface area contributed by atoms with E-state index < -0.39 is 18.0 Å². The zero-order valence-electron chi connectivity index (χ0n) is 12.1. The first-order valence-corrected chi connectivity index (χ1v) is 8.07. The molecule has 126 valence electrons. The maximum Gasteiger partial charge on any atom is 0.359 e. The molecule has 0 fully saturated rings. The van der Waals surface area contributed by atoms with Gasteiger partial charge in [-0.25, -0.2) is 9.78 Å². The number of aromatic nitrogens is 1. The van der Waals surface area contributed by atoms with Gasteiger partial charge in [-0.05, 0) is 25.1 Å². The van der Waals surface area contributed by atoms with Crippen LogP contribution in [0.15, 0.2) is 30.5 Å². The van der Waals surface area contributed by atoms with Gasteiger partial charge in [0.05, 0.1) is 15.1 Å². The van der Waals surface area contributed by atoms with Crippen molar-refractivity contribution in [3.8, 4) is 0 Å². The second-order valence-electron chi connectivity index (χ2n) is 4.63. The lowest BCUT2D eigenvalue weighted by molar-refractivity contribution is -0.123. The third kappa shape index (κ3) is 4.51. The van der Waals surface area contributed by atoms with Gasteiger partial charge < -0.3 is 10.1 Å². The monoisotopic (exact) mass is 406 g/mol. The second kappa shape index (κ2) is 8.03. The molecule has 9 heteroatoms. The largest absolute Gasteiger partial charge is 0.448 e. The van der Waals surface area contributed by atoms with E-state index in [1.54, 1.807) is 24.3 Å². The number of carbonyl (C=O) groups excluding carboxylic acids is 2. The molecule has 24 heavy (non-hydrogen) atoms. The summed E-state index contributed by atoms with van der Waals surface area (Å²) in [5.74, 6) is -1.44. The maximum atomic E-state index is 12.1. The molecular weight excluding hydrogens is 398 g/mol. The van der Waals surface area contributed by atoms with Crippen LogP contribution >= 0.6 is 46.4 Å². The molecule has 0 aliphatic rings. The fraction of sp³-hybridized carbons (Fsp3) is 0.133. The molecule has 1 heterocycles. The maximum absolute atomic E-state index is 12.1. The Hall–Kier alpha value is -1.53. The number of hydrogen-bond acceptors (Lipinski definition) is 4. The van der Waals surface area contributed by atoms with E-state index in [-0.39, 0.29) is 20.8 Å². The van der Waals surface area contributed by atoms with Crippen molar-refractivity contribution in [1.82, 2.24) is 4.98 Å². The van der Waals surface area contributed by atoms with Crippen LogP contribution in [-0.4, -0.2) is 23.0 Å². The zero-order chi connectivity index (χ0) is 17.9. The number of carbonyl (C=O) groups is 2. The van der Waals surface area contributed by atoms with E-state index >= 15 is 0 Å². The van der Waals surface area contributed by atoms with E-state index in [0.29, 0.717) is 10.7 Å². The molecule has 0 radical (unpaired) electrons. The molecule has 1 N–H and O–H groups in total. The van der Waals surface area contributed by atoms with Gasteiger partial charge in [0.2, 0.25) is 0 Å². The van der Waals surface area contributed by atoms with E-state index in [2.05, 4.69) is 10.3 Å². The van der Waals surface area contributed by atoms with E-state index in [0.717, 1.165) is 0 Å². The molecule has 0 saturated heterocycles. The van der Waals surface area contributed by atoms with Crippen molar-refractivity contribution in [3.05, 3.63) is 56.2 Å². The molecule has 0 unspecified atom stereocenters. The molecule has 0 saturated carbocycles. The first kappa shape index (κ1) is 18.8. The third-order valence-corrected chi connectivity index (χ3v) is 4.33. The minimum atomic E-state index is -1.09. The normalized spacial score (nSPS) is 11.7. The summed E-state index contributed by atoms with van der Waals surface area (Å²) >= 11 is 23.3. The van der Waals surface area contributed by atoms with Gasteiger partial charge in [0.1, 0.15) is 0 Å². The molecule has 0 spiro atoms. The number of pyridine rings is 1. The van der Waals surface area contributed by atoms with Crippen LogP contribution in [0.3, 0.4) is 0 Å². The van der Waals surface area contributed by atoms with E-state index in [1.165, 1.54) is 13.1 Å². The smallest absolute Gasteiger partial charge is 0.359 e. The second-order valence-corrected chi connectivity index (χ2v) is 6.23. The topological polar surface area (TPSA) is 68.3 Å². The molecule has 1 aromatic carbocycles. The van der Waals surface area contributed by atoms with Gasteiger partial charge in [0, 0.05) is 16.9 Å². The molecule has 2 rings (SSSR count). The first-order valence-electron chi connectivity index (χ1n) is 6.56. The van der Waals surface area contributed by atoms with E-state index in [1.807, 2.05) is 0 Å². The Morgan fingerprint density at radius 3 is 2.54 bits per heavy atom. The summed E-state index contributed by atoms with van der Waals surface area (Å²) in [5, 5.41) is 2.98. The summed E-state index contributed by atoms with van der Waals surface area (Å²) in [5.41, 5.74) is 0.245. The van der Waals surface area contributed by atoms with E-state index in [9.17, 15) is 9.59 Å². The summed E-state index contributed by atoms with van der Waals surface area (Å²) in [6.45, 7) is 1.41. The number of halogens is 4. The average molecular weight is 408 g/mol. The quantitative estimate of drug-likeness (QED) is 0.733. The summed E-state index contributed by atoms with van der Waals surface area (Å²) in [6.07, 6.45) is 0.0760. The molecule has 1 aromatic heterocycles. The highest BCUT2D eigenvalue weighted by molar-refractivity contribution is 6.48. The highest BCUT2D eigenvalue weighted by Crippen LogP contribution is 2.31. The van der Waals surface area contributed by atoms with Crippen molar-refractivity contribution in [3.63, 3.8) is 0 Å². The van der Waals surface area contributed by atoms with Gasteiger partial charge >= 0.3 is 5.97 Å². The highest BCUT2D eigenvalue weighted by atomic mass is 35.5. The molecular formula is C15H10Cl4N2O3. The average Bonchev–Trinajstić information content (AvgIpc) is 2.52. The Bertz CT molecular complexity index is 798. The predicted molar refractivity (Wildman–Crippen MR) is 94.2 cm³/mol. The number of rotatable bonds is 4. The number of benzene rings is 1. The summed E-state index contributed by atoms with van der Waals surface area (Å²) < 4.78 is 5.04. The summed E-state index contributed by atoms with van der Waals surface area (Å²) in [6, 6.07) is 6.55. The molecule has 2 aromatic rings. The number of amides is 1. The van der Waals surface area contributed by atoms with Crippen molar-refractivity contribution < 1.29 is 14.3 Å². The SMILES string of the molecule is C[C@H](OC(=O)c1ncc(Cl)c(Cl)c1Cl)C(=O)Nc1cccc(Cl)c1. The number of nitrogens with one attached hydrogen (secondary N) is 1. The van der Waals surface area contributed by atoms with Crippen molar-refractivity contribution in [2.45, 2.75) is 13.0 Å². The first-order chi connectivity index (χ1) is 11.3. The Morgan fingerprint density at radius 1 is 1.17 bits per heavy atom. The van der Waals surface area contributed by atoms with Gasteiger partial charge in [0.25, 0.3) is 5.91 Å². The minimum Gasteiger partial charge on any atom is -0.448 e. The molecule has 5 nitrogen and oxygen atoms in total. The number of ether oxygens (including phenoxy) is 1. The van der Waals surface area contributed by atoms with Gasteiger partial charge in [-0.2, -0.15) is 0 Å². The van der Waals surface area contributed by atoms with Crippen LogP contribution in [0, 0.1) is 0 Å². The molecule has 0 aliphatic heterocycles. The van der Waals surface area contributed by atoms with Crippen LogP contribution in [0.5, 0.6) is 0 Å². The highest BCUT2D eigenvalue weighted by Gasteiger charge is 2.23. The van der Waals surface area contributed by atoms with Crippen molar-refractivity contribution in [2.75, 3.05) is 5.32 Å². The minimum absolute atomic E-state index is 0.0173. The van der Waals surface area contributed by atoms with Gasteiger partial charge in [-0.1, -0.05) is 52.5 Å². The van der Waals surface area contributed by atoms with Crippen molar-refractivity contribution in [1.29, 1.82) is 0 Å². The lowest BCUT2D eigenvalue weighted by Crippen LogP contribution is -2.30. The number of nitrogens with zero attached hydrogens (tertiary/aromatic N) is 1. The van der Waals surface area contributed by atoms with Crippen LogP contribution in [0.2, 0.25) is 20.1 Å². The van der Waals surface area contributed by atoms with E-state index in [4.69, 9.17) is 51.1 Å². The number of hydrogen-bond donors (Lipinski definition) is 1. The van der Waals surface area contributed by atoms with Crippen LogP contribution in [0.1, 0.15) is 17.4 Å². The van der Waals surface area contributed by atoms with Crippen molar-refractivity contribution >= 4 is 64.0 Å². The Labute approximate surface area is 157 Å². The van der Waals surface area contributed by atoms with Gasteiger partial charge in [-0.3, -0.25) is 4.79 Å². The van der Waals surface area contributed by atoms with Crippen molar-refractivity contribution in [2.24, 2.45) is 0 Å². The number of esters is 1. The molecule has 1 amide bonds. The Morgan fingerprint density at radius 2 is 1.88 bits per heavy atom. The summed E-state index contributed by atoms with van der Waals surface area (Å²) in [4.78, 5) is 27.9.